The van der Waals surface area contributed by atoms with Crippen LogP contribution in [0.2, 0.25) is 0 Å². The second kappa shape index (κ2) is 19.1. The van der Waals surface area contributed by atoms with Crippen LogP contribution in [0.15, 0.2) is 12.2 Å². The second-order valence-electron chi connectivity index (χ2n) is 6.26. The van der Waals surface area contributed by atoms with Crippen molar-refractivity contribution in [1.82, 2.24) is 6.15 Å². The fourth-order valence-corrected chi connectivity index (χ4v) is 2.90. The molecule has 0 amide bonds. The molecule has 0 fully saturated rings. The molecule has 0 aromatic heterocycles. The van der Waals surface area contributed by atoms with Crippen LogP contribution < -0.4 is 6.15 Å². The van der Waals surface area contributed by atoms with Crippen molar-refractivity contribution in [3.8, 4) is 0 Å². The number of phosphoric ester groups is 1. The fourth-order valence-electron chi connectivity index (χ4n) is 2.53. The molecule has 0 aliphatic carbocycles. The van der Waals surface area contributed by atoms with E-state index < -0.39 is 7.82 Å². The van der Waals surface area contributed by atoms with Crippen molar-refractivity contribution >= 4 is 7.82 Å². The van der Waals surface area contributed by atoms with Gasteiger partial charge in [-0.15, -0.1) is 0 Å². The number of hydrogen-bond donors (Lipinski definition) is 3. The molecule has 0 saturated heterocycles. The minimum absolute atomic E-state index is 0. The highest BCUT2D eigenvalue weighted by molar-refractivity contribution is 7.46. The van der Waals surface area contributed by atoms with Crippen molar-refractivity contribution in [2.45, 2.75) is 96.8 Å². The average Bonchev–Trinajstić information content (AvgIpc) is 2.49. The zero-order valence-electron chi connectivity index (χ0n) is 15.6. The summed E-state index contributed by atoms with van der Waals surface area (Å²) < 4.78 is 14.9. The molecule has 146 valence electrons. The summed E-state index contributed by atoms with van der Waals surface area (Å²) in [6.45, 7) is 2.41. The summed E-state index contributed by atoms with van der Waals surface area (Å²) in [4.78, 5) is 17.1. The van der Waals surface area contributed by atoms with Gasteiger partial charge >= 0.3 is 7.82 Å². The molecule has 0 aromatic rings. The summed E-state index contributed by atoms with van der Waals surface area (Å²) in [6.07, 6.45) is 21.7. The predicted molar refractivity (Wildman–Crippen MR) is 102 cm³/mol. The van der Waals surface area contributed by atoms with Crippen molar-refractivity contribution in [3.05, 3.63) is 12.2 Å². The third-order valence-electron chi connectivity index (χ3n) is 3.92. The van der Waals surface area contributed by atoms with Gasteiger partial charge in [-0.2, -0.15) is 0 Å². The summed E-state index contributed by atoms with van der Waals surface area (Å²) in [5.74, 6) is 0. The van der Waals surface area contributed by atoms with Gasteiger partial charge in [0.1, 0.15) is 0 Å². The maximum absolute atomic E-state index is 10.5. The predicted octanol–water partition coefficient (Wildman–Crippen LogP) is 6.30. The van der Waals surface area contributed by atoms with Gasteiger partial charge in [0.05, 0.1) is 6.61 Å². The number of phosphoric acid groups is 1. The third kappa shape index (κ3) is 24.1. The van der Waals surface area contributed by atoms with Crippen molar-refractivity contribution in [2.75, 3.05) is 6.61 Å². The van der Waals surface area contributed by atoms with Crippen LogP contribution in [-0.2, 0) is 9.09 Å². The Balaban J connectivity index is 0. The van der Waals surface area contributed by atoms with Crippen LogP contribution in [0.3, 0.4) is 0 Å². The number of allylic oxidation sites excluding steroid dienone is 2. The normalized spacial score (nSPS) is 11.8. The van der Waals surface area contributed by atoms with Gasteiger partial charge in [-0.3, -0.25) is 4.52 Å². The Hall–Kier alpha value is -0.190. The summed E-state index contributed by atoms with van der Waals surface area (Å²) in [7, 11) is -4.26. The lowest BCUT2D eigenvalue weighted by Gasteiger charge is -2.04. The molecule has 0 rings (SSSR count). The summed E-state index contributed by atoms with van der Waals surface area (Å²) >= 11 is 0. The Bertz CT molecular complexity index is 318. The van der Waals surface area contributed by atoms with Crippen LogP contribution in [0.25, 0.3) is 0 Å². The Morgan fingerprint density at radius 1 is 0.750 bits per heavy atom. The third-order valence-corrected chi connectivity index (χ3v) is 4.43. The van der Waals surface area contributed by atoms with Crippen LogP contribution in [0.4, 0.5) is 0 Å². The molecule has 0 aromatic carbocycles. The van der Waals surface area contributed by atoms with E-state index in [1.54, 1.807) is 0 Å². The molecule has 0 aliphatic heterocycles. The minimum Gasteiger partial charge on any atom is -0.344 e. The van der Waals surface area contributed by atoms with Crippen LogP contribution in [0, 0.1) is 0 Å². The number of rotatable bonds is 17. The fraction of sp³-hybridized carbons (Fsp3) is 0.889. The van der Waals surface area contributed by atoms with Crippen molar-refractivity contribution in [3.63, 3.8) is 0 Å². The second-order valence-corrected chi connectivity index (χ2v) is 7.50. The first-order chi connectivity index (χ1) is 11.1. The first-order valence-electron chi connectivity index (χ1n) is 9.41. The lowest BCUT2D eigenvalue weighted by molar-refractivity contribution is 0.193. The average molecular weight is 365 g/mol. The zero-order chi connectivity index (χ0) is 17.2. The first kappa shape index (κ1) is 26.0. The Labute approximate surface area is 149 Å². The van der Waals surface area contributed by atoms with Crippen LogP contribution in [0.5, 0.6) is 0 Å². The van der Waals surface area contributed by atoms with Gasteiger partial charge in [0.15, 0.2) is 0 Å². The number of unbranched alkanes of at least 4 members (excludes halogenated alkanes) is 12. The van der Waals surface area contributed by atoms with Gasteiger partial charge < -0.3 is 15.9 Å². The molecule has 0 aliphatic rings. The van der Waals surface area contributed by atoms with E-state index in [-0.39, 0.29) is 12.8 Å². The molecule has 6 heteroatoms. The molecule has 0 radical (unpaired) electrons. The molecule has 24 heavy (non-hydrogen) atoms. The van der Waals surface area contributed by atoms with Gasteiger partial charge in [0, 0.05) is 0 Å². The lowest BCUT2D eigenvalue weighted by Crippen LogP contribution is -1.92. The van der Waals surface area contributed by atoms with Crippen molar-refractivity contribution in [1.29, 1.82) is 0 Å². The van der Waals surface area contributed by atoms with E-state index in [4.69, 9.17) is 9.79 Å². The van der Waals surface area contributed by atoms with Crippen molar-refractivity contribution < 1.29 is 18.9 Å². The van der Waals surface area contributed by atoms with Crippen LogP contribution in [0.1, 0.15) is 96.8 Å². The topological polar surface area (TPSA) is 102 Å². The molecular formula is C18H40NO4P. The highest BCUT2D eigenvalue weighted by Gasteiger charge is 2.12. The quantitative estimate of drug-likeness (QED) is 0.160. The van der Waals surface area contributed by atoms with Gasteiger partial charge in [-0.05, 0) is 32.1 Å². The minimum atomic E-state index is -4.26. The van der Waals surface area contributed by atoms with Gasteiger partial charge in [0.25, 0.3) is 0 Å². The van der Waals surface area contributed by atoms with E-state index in [0.29, 0.717) is 0 Å². The van der Waals surface area contributed by atoms with E-state index in [9.17, 15) is 4.57 Å². The molecule has 0 bridgehead atoms. The number of hydrogen-bond acceptors (Lipinski definition) is 3. The van der Waals surface area contributed by atoms with E-state index in [1.807, 2.05) is 0 Å². The summed E-state index contributed by atoms with van der Waals surface area (Å²) in [6, 6.07) is 0. The van der Waals surface area contributed by atoms with E-state index in [0.717, 1.165) is 19.3 Å². The highest BCUT2D eigenvalue weighted by Crippen LogP contribution is 2.35. The Morgan fingerprint density at radius 2 is 1.17 bits per heavy atom. The molecule has 0 heterocycles. The van der Waals surface area contributed by atoms with Gasteiger partial charge in [-0.25, -0.2) is 4.57 Å². The standard InChI is InChI=1S/C18H37O4P.H3N/c1-2-3-4-5-6-7-8-9-10-11-12-13-14-15-16-17-18-22-23(19,20)21;/h9-10H,2-8,11-18H2,1H3,(H2,19,20,21);1H3/b10-9-;. The molecule has 5 nitrogen and oxygen atoms in total. The molecule has 0 saturated carbocycles. The zero-order valence-corrected chi connectivity index (χ0v) is 16.5. The highest BCUT2D eigenvalue weighted by atomic mass is 31.2. The van der Waals surface area contributed by atoms with Crippen molar-refractivity contribution in [2.24, 2.45) is 0 Å². The van der Waals surface area contributed by atoms with E-state index in [2.05, 4.69) is 23.6 Å². The molecule has 0 spiro atoms. The molecular weight excluding hydrogens is 325 g/mol. The monoisotopic (exact) mass is 365 g/mol. The smallest absolute Gasteiger partial charge is 0.344 e. The maximum atomic E-state index is 10.5. The molecule has 0 atom stereocenters. The summed E-state index contributed by atoms with van der Waals surface area (Å²) in [5.41, 5.74) is 0. The SMILES string of the molecule is CCCCCCCC/C=C\CCCCCCCCOP(=O)(O)O.N. The van der Waals surface area contributed by atoms with E-state index >= 15 is 0 Å². The molecule has 0 unspecified atom stereocenters. The lowest BCUT2D eigenvalue weighted by atomic mass is 10.1. The largest absolute Gasteiger partial charge is 0.469 e. The Kier molecular flexibility index (Phi) is 20.8. The van der Waals surface area contributed by atoms with Crippen LogP contribution in [-0.4, -0.2) is 16.4 Å². The van der Waals surface area contributed by atoms with Crippen LogP contribution >= 0.6 is 7.82 Å². The van der Waals surface area contributed by atoms with E-state index in [1.165, 1.54) is 70.6 Å². The van der Waals surface area contributed by atoms with Gasteiger partial charge in [0.2, 0.25) is 0 Å². The first-order valence-corrected chi connectivity index (χ1v) is 10.9. The maximum Gasteiger partial charge on any atom is 0.469 e. The summed E-state index contributed by atoms with van der Waals surface area (Å²) in [5, 5.41) is 0. The Morgan fingerprint density at radius 3 is 1.62 bits per heavy atom. The van der Waals surface area contributed by atoms with Gasteiger partial charge in [-0.1, -0.05) is 76.9 Å². The molecule has 5 N–H and O–H groups in total.